The van der Waals surface area contributed by atoms with Crippen LogP contribution in [-0.4, -0.2) is 39.0 Å². The molecule has 0 bridgehead atoms. The monoisotopic (exact) mass is 331 g/mol. The third kappa shape index (κ3) is 4.55. The van der Waals surface area contributed by atoms with Gasteiger partial charge in [-0.05, 0) is 18.9 Å². The van der Waals surface area contributed by atoms with Gasteiger partial charge in [-0.15, -0.1) is 0 Å². The fourth-order valence-corrected chi connectivity index (χ4v) is 2.34. The summed E-state index contributed by atoms with van der Waals surface area (Å²) in [4.78, 5) is 28.3. The van der Waals surface area contributed by atoms with Gasteiger partial charge < -0.3 is 14.8 Å². The highest BCUT2D eigenvalue weighted by atomic mass is 16.6. The molecule has 0 fully saturated rings. The number of hydrogen-bond donors (Lipinski definition) is 1. The molecule has 1 heterocycles. The number of carbonyl (C=O) groups is 1. The second-order valence-corrected chi connectivity index (χ2v) is 5.46. The van der Waals surface area contributed by atoms with Crippen LogP contribution < -0.4 is 5.32 Å². The van der Waals surface area contributed by atoms with E-state index in [-0.39, 0.29) is 11.7 Å². The number of hydrogen-bond acceptors (Lipinski definition) is 4. The number of amides is 2. The molecule has 0 saturated carbocycles. The van der Waals surface area contributed by atoms with E-state index < -0.39 is 4.92 Å². The minimum atomic E-state index is -0.427. The smallest absolute Gasteiger partial charge is 0.321 e. The zero-order chi connectivity index (χ0) is 17.5. The van der Waals surface area contributed by atoms with Gasteiger partial charge in [0.2, 0.25) is 0 Å². The fourth-order valence-electron chi connectivity index (χ4n) is 2.34. The number of aromatic nitrogens is 2. The van der Waals surface area contributed by atoms with Crippen LogP contribution in [0.1, 0.15) is 18.9 Å². The van der Waals surface area contributed by atoms with Crippen LogP contribution in [-0.2, 0) is 13.0 Å². The van der Waals surface area contributed by atoms with Gasteiger partial charge in [-0.2, -0.15) is 0 Å². The van der Waals surface area contributed by atoms with E-state index in [1.54, 1.807) is 36.6 Å². The van der Waals surface area contributed by atoms with Gasteiger partial charge in [-0.3, -0.25) is 10.1 Å². The van der Waals surface area contributed by atoms with E-state index in [0.717, 1.165) is 13.0 Å². The van der Waals surface area contributed by atoms with Crippen LogP contribution in [0.5, 0.6) is 0 Å². The van der Waals surface area contributed by atoms with E-state index >= 15 is 0 Å². The summed E-state index contributed by atoms with van der Waals surface area (Å²) < 4.78 is 1.94. The first-order valence-electron chi connectivity index (χ1n) is 7.76. The Balaban J connectivity index is 1.91. The lowest BCUT2D eigenvalue weighted by molar-refractivity contribution is -0.385. The van der Waals surface area contributed by atoms with Gasteiger partial charge in [-0.25, -0.2) is 9.78 Å². The molecule has 0 radical (unpaired) electrons. The standard InChI is InChI=1S/C16H21N5O3/c1-3-13-5-6-14(11-15(13)21(23)24)18-16(22)19(2)8-4-9-20-10-7-17-12-20/h5-7,10-12H,3-4,8-9H2,1-2H3,(H,18,22). The first-order chi connectivity index (χ1) is 11.5. The van der Waals surface area contributed by atoms with Crippen molar-refractivity contribution in [1.82, 2.24) is 14.5 Å². The highest BCUT2D eigenvalue weighted by Gasteiger charge is 2.15. The summed E-state index contributed by atoms with van der Waals surface area (Å²) in [6.45, 7) is 3.20. The average molecular weight is 331 g/mol. The van der Waals surface area contributed by atoms with Crippen LogP contribution >= 0.6 is 0 Å². The lowest BCUT2D eigenvalue weighted by atomic mass is 10.1. The van der Waals surface area contributed by atoms with E-state index in [0.29, 0.717) is 24.2 Å². The SMILES string of the molecule is CCc1ccc(NC(=O)N(C)CCCn2ccnc2)cc1[N+](=O)[O-]. The normalized spacial score (nSPS) is 10.4. The van der Waals surface area contributed by atoms with Crippen LogP contribution in [0.25, 0.3) is 0 Å². The number of nitrogens with zero attached hydrogens (tertiary/aromatic N) is 4. The maximum atomic E-state index is 12.2. The van der Waals surface area contributed by atoms with Crippen molar-refractivity contribution < 1.29 is 9.72 Å². The highest BCUT2D eigenvalue weighted by molar-refractivity contribution is 5.89. The third-order valence-electron chi connectivity index (χ3n) is 3.73. The first kappa shape index (κ1) is 17.5. The number of anilines is 1. The quantitative estimate of drug-likeness (QED) is 0.623. The van der Waals surface area contributed by atoms with Gasteiger partial charge in [0, 0.05) is 49.8 Å². The minimum absolute atomic E-state index is 0.0260. The molecule has 0 atom stereocenters. The van der Waals surface area contributed by atoms with Crippen molar-refractivity contribution in [1.29, 1.82) is 0 Å². The Morgan fingerprint density at radius 2 is 2.25 bits per heavy atom. The number of nitro benzene ring substituents is 1. The molecule has 8 heteroatoms. The third-order valence-corrected chi connectivity index (χ3v) is 3.73. The van der Waals surface area contributed by atoms with Crippen molar-refractivity contribution in [3.8, 4) is 0 Å². The summed E-state index contributed by atoms with van der Waals surface area (Å²) in [6.07, 6.45) is 6.67. The molecule has 0 aliphatic rings. The minimum Gasteiger partial charge on any atom is -0.337 e. The van der Waals surface area contributed by atoms with E-state index in [1.165, 1.54) is 6.07 Å². The Bertz CT molecular complexity index is 700. The van der Waals surface area contributed by atoms with Gasteiger partial charge in [0.15, 0.2) is 0 Å². The zero-order valence-corrected chi connectivity index (χ0v) is 13.8. The summed E-state index contributed by atoms with van der Waals surface area (Å²) in [5.74, 6) is 0. The molecule has 24 heavy (non-hydrogen) atoms. The maximum Gasteiger partial charge on any atom is 0.321 e. The Hall–Kier alpha value is -2.90. The molecule has 1 aromatic carbocycles. The molecule has 0 aliphatic carbocycles. The Labute approximate surface area is 140 Å². The molecular weight excluding hydrogens is 310 g/mol. The largest absolute Gasteiger partial charge is 0.337 e. The van der Waals surface area contributed by atoms with Gasteiger partial charge in [0.25, 0.3) is 5.69 Å². The Morgan fingerprint density at radius 1 is 1.46 bits per heavy atom. The second-order valence-electron chi connectivity index (χ2n) is 5.46. The summed E-state index contributed by atoms with van der Waals surface area (Å²) in [6, 6.07) is 4.46. The van der Waals surface area contributed by atoms with Crippen molar-refractivity contribution >= 4 is 17.4 Å². The Kier molecular flexibility index (Phi) is 5.89. The molecular formula is C16H21N5O3. The van der Waals surface area contributed by atoms with Crippen molar-refractivity contribution in [2.45, 2.75) is 26.3 Å². The van der Waals surface area contributed by atoms with E-state index in [1.807, 2.05) is 17.7 Å². The average Bonchev–Trinajstić information content (AvgIpc) is 3.07. The van der Waals surface area contributed by atoms with Gasteiger partial charge in [0.1, 0.15) is 0 Å². The first-order valence-corrected chi connectivity index (χ1v) is 7.76. The van der Waals surface area contributed by atoms with Crippen molar-refractivity contribution in [3.63, 3.8) is 0 Å². The second kappa shape index (κ2) is 8.09. The molecule has 2 amide bonds. The van der Waals surface area contributed by atoms with Crippen LogP contribution in [0.4, 0.5) is 16.2 Å². The number of rotatable bonds is 7. The predicted molar refractivity (Wildman–Crippen MR) is 91.0 cm³/mol. The van der Waals surface area contributed by atoms with E-state index in [2.05, 4.69) is 10.3 Å². The molecule has 2 rings (SSSR count). The zero-order valence-electron chi connectivity index (χ0n) is 13.8. The van der Waals surface area contributed by atoms with E-state index in [9.17, 15) is 14.9 Å². The molecule has 0 saturated heterocycles. The van der Waals surface area contributed by atoms with Crippen LogP contribution in [0.2, 0.25) is 0 Å². The Morgan fingerprint density at radius 3 is 2.88 bits per heavy atom. The van der Waals surface area contributed by atoms with Gasteiger partial charge in [-0.1, -0.05) is 13.0 Å². The number of urea groups is 1. The fraction of sp³-hybridized carbons (Fsp3) is 0.375. The van der Waals surface area contributed by atoms with Gasteiger partial charge in [0.05, 0.1) is 11.3 Å². The molecule has 2 aromatic rings. The van der Waals surface area contributed by atoms with Crippen molar-refractivity contribution in [3.05, 3.63) is 52.6 Å². The summed E-state index contributed by atoms with van der Waals surface area (Å²) in [7, 11) is 1.69. The topological polar surface area (TPSA) is 93.3 Å². The number of nitrogens with one attached hydrogen (secondary N) is 1. The molecule has 0 spiro atoms. The van der Waals surface area contributed by atoms with E-state index in [4.69, 9.17) is 0 Å². The molecule has 128 valence electrons. The number of carbonyl (C=O) groups excluding carboxylic acids is 1. The predicted octanol–water partition coefficient (Wildman–Crippen LogP) is 2.91. The highest BCUT2D eigenvalue weighted by Crippen LogP contribution is 2.23. The molecule has 8 nitrogen and oxygen atoms in total. The number of aryl methyl sites for hydroxylation is 2. The van der Waals surface area contributed by atoms with Crippen molar-refractivity contribution in [2.24, 2.45) is 0 Å². The lowest BCUT2D eigenvalue weighted by Crippen LogP contribution is -2.32. The van der Waals surface area contributed by atoms with Crippen LogP contribution in [0.3, 0.4) is 0 Å². The van der Waals surface area contributed by atoms with Gasteiger partial charge >= 0.3 is 6.03 Å². The summed E-state index contributed by atoms with van der Waals surface area (Å²) in [5, 5.41) is 13.8. The number of benzene rings is 1. The molecule has 0 aliphatic heterocycles. The molecule has 0 unspecified atom stereocenters. The summed E-state index contributed by atoms with van der Waals surface area (Å²) >= 11 is 0. The van der Waals surface area contributed by atoms with Crippen LogP contribution in [0.15, 0.2) is 36.9 Å². The van der Waals surface area contributed by atoms with Crippen LogP contribution in [0, 0.1) is 10.1 Å². The maximum absolute atomic E-state index is 12.2. The molecule has 1 aromatic heterocycles. The molecule has 1 N–H and O–H groups in total. The number of nitro groups is 1. The summed E-state index contributed by atoms with van der Waals surface area (Å²) in [5.41, 5.74) is 1.09. The van der Waals surface area contributed by atoms with Crippen molar-refractivity contribution in [2.75, 3.05) is 18.9 Å². The number of imidazole rings is 1. The lowest BCUT2D eigenvalue weighted by Gasteiger charge is -2.18.